The predicted molar refractivity (Wildman–Crippen MR) is 114 cm³/mol. The number of hydrogen-bond acceptors (Lipinski definition) is 4. The van der Waals surface area contributed by atoms with Crippen LogP contribution in [0.15, 0.2) is 47.4 Å². The summed E-state index contributed by atoms with van der Waals surface area (Å²) in [6.07, 6.45) is 5.07. The van der Waals surface area contributed by atoms with Gasteiger partial charge in [0.2, 0.25) is 0 Å². The number of hydrogen-bond donors (Lipinski definition) is 1. The zero-order valence-corrected chi connectivity index (χ0v) is 17.7. The summed E-state index contributed by atoms with van der Waals surface area (Å²) in [7, 11) is 0. The minimum absolute atomic E-state index is 0.154. The minimum Gasteiger partial charge on any atom is -0.768 e. The number of nitrogens with one attached hydrogen (secondary N) is 1. The molecule has 2 aromatic rings. The van der Waals surface area contributed by atoms with E-state index in [1.54, 1.807) is 12.1 Å². The molecule has 0 aromatic heterocycles. The van der Waals surface area contributed by atoms with Crippen molar-refractivity contribution in [2.45, 2.75) is 30.6 Å². The third-order valence-electron chi connectivity index (χ3n) is 5.61. The molecular weight excluding hydrogens is 475 g/mol. The standard InChI is InChI=1S/C20H21IN2O3S/c21-14-4-5-17(18(12-14)23-10-8-20(6-7-20)9-11-23)19(24)22-15-2-1-3-16(13-15)27(25)26/h1-5,12-13H,6-11H2,(H,22,24)(H,25,26)/p-1. The van der Waals surface area contributed by atoms with E-state index in [2.05, 4.69) is 38.9 Å². The van der Waals surface area contributed by atoms with Gasteiger partial charge in [-0.25, -0.2) is 0 Å². The van der Waals surface area contributed by atoms with Gasteiger partial charge in [0.15, 0.2) is 0 Å². The van der Waals surface area contributed by atoms with Gasteiger partial charge in [0, 0.05) is 27.2 Å². The Morgan fingerprint density at radius 3 is 2.52 bits per heavy atom. The number of carbonyl (C=O) groups is 1. The molecule has 1 amide bonds. The van der Waals surface area contributed by atoms with Gasteiger partial charge in [0.25, 0.3) is 5.91 Å². The monoisotopic (exact) mass is 495 g/mol. The lowest BCUT2D eigenvalue weighted by Gasteiger charge is -2.35. The van der Waals surface area contributed by atoms with E-state index in [-0.39, 0.29) is 10.8 Å². The van der Waals surface area contributed by atoms with Crippen LogP contribution in [0.2, 0.25) is 0 Å². The predicted octanol–water partition coefficient (Wildman–Crippen LogP) is 4.16. The normalized spacial score (nSPS) is 19.0. The largest absolute Gasteiger partial charge is 0.768 e. The van der Waals surface area contributed by atoms with Crippen LogP contribution in [0.1, 0.15) is 36.0 Å². The molecule has 1 saturated heterocycles. The molecule has 7 heteroatoms. The van der Waals surface area contributed by atoms with Crippen molar-refractivity contribution in [3.63, 3.8) is 0 Å². The Bertz CT molecular complexity index is 904. The van der Waals surface area contributed by atoms with E-state index in [1.807, 2.05) is 12.1 Å². The maximum atomic E-state index is 12.9. The molecule has 0 bridgehead atoms. The number of halogens is 1. The first kappa shape index (κ1) is 18.9. The first-order valence-electron chi connectivity index (χ1n) is 9.01. The van der Waals surface area contributed by atoms with Crippen molar-refractivity contribution in [1.29, 1.82) is 0 Å². The van der Waals surface area contributed by atoms with Crippen molar-refractivity contribution in [2.24, 2.45) is 5.41 Å². The van der Waals surface area contributed by atoms with Crippen LogP contribution in [-0.2, 0) is 11.1 Å². The lowest BCUT2D eigenvalue weighted by Crippen LogP contribution is -2.35. The van der Waals surface area contributed by atoms with Gasteiger partial charge in [0.1, 0.15) is 0 Å². The number of amides is 1. The fraction of sp³-hybridized carbons (Fsp3) is 0.350. The third kappa shape index (κ3) is 4.20. The average Bonchev–Trinajstić information content (AvgIpc) is 3.41. The Morgan fingerprint density at radius 2 is 1.85 bits per heavy atom. The van der Waals surface area contributed by atoms with Crippen LogP contribution in [0.5, 0.6) is 0 Å². The summed E-state index contributed by atoms with van der Waals surface area (Å²) >= 11 is -0.0529. The average molecular weight is 495 g/mol. The Hall–Kier alpha value is -1.45. The van der Waals surface area contributed by atoms with Crippen molar-refractivity contribution in [3.05, 3.63) is 51.6 Å². The summed E-state index contributed by atoms with van der Waals surface area (Å²) in [4.78, 5) is 15.4. The number of anilines is 2. The highest BCUT2D eigenvalue weighted by molar-refractivity contribution is 14.1. The maximum absolute atomic E-state index is 12.9. The lowest BCUT2D eigenvalue weighted by atomic mass is 9.93. The molecular formula is C20H20IN2O3S-. The quantitative estimate of drug-likeness (QED) is 0.511. The number of carbonyl (C=O) groups excluding carboxylic acids is 1. The van der Waals surface area contributed by atoms with Gasteiger partial charge < -0.3 is 14.8 Å². The molecule has 5 nitrogen and oxygen atoms in total. The summed E-state index contributed by atoms with van der Waals surface area (Å²) in [5.74, 6) is -0.220. The second-order valence-corrected chi connectivity index (χ2v) is 9.55. The second kappa shape index (κ2) is 7.52. The summed E-state index contributed by atoms with van der Waals surface area (Å²) in [5, 5.41) is 2.84. The van der Waals surface area contributed by atoms with E-state index < -0.39 is 11.1 Å². The topological polar surface area (TPSA) is 72.5 Å². The van der Waals surface area contributed by atoms with Crippen molar-refractivity contribution in [1.82, 2.24) is 0 Å². The molecule has 1 heterocycles. The number of rotatable bonds is 4. The molecule has 4 rings (SSSR count). The SMILES string of the molecule is O=C(Nc1cccc(S(=O)[O-])c1)c1ccc(I)cc1N1CCC2(CC1)CC2. The molecule has 27 heavy (non-hydrogen) atoms. The molecule has 0 radical (unpaired) electrons. The van der Waals surface area contributed by atoms with Crippen LogP contribution >= 0.6 is 22.6 Å². The van der Waals surface area contributed by atoms with E-state index in [4.69, 9.17) is 0 Å². The van der Waals surface area contributed by atoms with Crippen LogP contribution in [0.3, 0.4) is 0 Å². The van der Waals surface area contributed by atoms with Crippen LogP contribution in [0, 0.1) is 8.99 Å². The zero-order chi connectivity index (χ0) is 19.0. The van der Waals surface area contributed by atoms with Crippen molar-refractivity contribution in [2.75, 3.05) is 23.3 Å². The van der Waals surface area contributed by atoms with Crippen LogP contribution in [0.4, 0.5) is 11.4 Å². The molecule has 1 N–H and O–H groups in total. The third-order valence-corrected chi connectivity index (χ3v) is 6.92. The molecule has 1 atom stereocenters. The fourth-order valence-electron chi connectivity index (χ4n) is 3.73. The van der Waals surface area contributed by atoms with Crippen molar-refractivity contribution in [3.8, 4) is 0 Å². The first-order chi connectivity index (χ1) is 13.0. The fourth-order valence-corrected chi connectivity index (χ4v) is 4.62. The van der Waals surface area contributed by atoms with Gasteiger partial charge in [-0.3, -0.25) is 9.00 Å². The highest BCUT2D eigenvalue weighted by atomic mass is 127. The number of nitrogens with zero attached hydrogens (tertiary/aromatic N) is 1. The van der Waals surface area contributed by atoms with E-state index in [1.165, 1.54) is 37.8 Å². The van der Waals surface area contributed by atoms with Crippen LogP contribution in [0.25, 0.3) is 0 Å². The van der Waals surface area contributed by atoms with E-state index >= 15 is 0 Å². The van der Waals surface area contributed by atoms with E-state index in [0.29, 0.717) is 16.7 Å². The van der Waals surface area contributed by atoms with Gasteiger partial charge in [-0.1, -0.05) is 6.07 Å². The summed E-state index contributed by atoms with van der Waals surface area (Å²) in [6.45, 7) is 1.95. The molecule has 2 fully saturated rings. The van der Waals surface area contributed by atoms with Crippen molar-refractivity contribution < 1.29 is 13.6 Å². The highest BCUT2D eigenvalue weighted by Crippen LogP contribution is 2.54. The van der Waals surface area contributed by atoms with Crippen molar-refractivity contribution >= 4 is 51.0 Å². The maximum Gasteiger partial charge on any atom is 0.257 e. The van der Waals surface area contributed by atoms with Gasteiger partial charge in [-0.2, -0.15) is 0 Å². The summed E-state index contributed by atoms with van der Waals surface area (Å²) in [6, 6.07) is 12.1. The Kier molecular flexibility index (Phi) is 5.26. The smallest absolute Gasteiger partial charge is 0.257 e. The van der Waals surface area contributed by atoms with Gasteiger partial charge in [0.05, 0.1) is 11.3 Å². The molecule has 142 valence electrons. The minimum atomic E-state index is -2.32. The molecule has 1 unspecified atom stereocenters. The lowest BCUT2D eigenvalue weighted by molar-refractivity contribution is 0.102. The van der Waals surface area contributed by atoms with Crippen LogP contribution in [-0.4, -0.2) is 27.8 Å². The summed E-state index contributed by atoms with van der Waals surface area (Å²) in [5.41, 5.74) is 2.63. The molecule has 2 aromatic carbocycles. The Morgan fingerprint density at radius 1 is 1.11 bits per heavy atom. The van der Waals surface area contributed by atoms with Gasteiger partial charge in [-0.05, 0) is 101 Å². The van der Waals surface area contributed by atoms with Crippen LogP contribution < -0.4 is 10.2 Å². The number of piperidine rings is 1. The molecule has 1 spiro atoms. The molecule has 1 aliphatic carbocycles. The molecule has 1 aliphatic heterocycles. The van der Waals surface area contributed by atoms with E-state index in [0.717, 1.165) is 22.3 Å². The molecule has 1 saturated carbocycles. The highest BCUT2D eigenvalue weighted by Gasteiger charge is 2.44. The van der Waals surface area contributed by atoms with Gasteiger partial charge >= 0.3 is 0 Å². The van der Waals surface area contributed by atoms with Gasteiger partial charge in [-0.15, -0.1) is 0 Å². The Balaban J connectivity index is 1.56. The zero-order valence-electron chi connectivity index (χ0n) is 14.7. The number of benzene rings is 2. The molecule has 2 aliphatic rings. The first-order valence-corrected chi connectivity index (χ1v) is 11.2. The second-order valence-electron chi connectivity index (χ2n) is 7.37. The van der Waals surface area contributed by atoms with E-state index in [9.17, 15) is 13.6 Å². The Labute approximate surface area is 175 Å². The summed E-state index contributed by atoms with van der Waals surface area (Å²) < 4.78 is 23.4.